The summed E-state index contributed by atoms with van der Waals surface area (Å²) in [7, 11) is 3.05. The summed E-state index contributed by atoms with van der Waals surface area (Å²) < 4.78 is 11.5. The minimum atomic E-state index is -0.826. The first-order valence-corrected chi connectivity index (χ1v) is 7.11. The molecule has 1 aromatic heterocycles. The molecule has 1 aromatic carbocycles. The van der Waals surface area contributed by atoms with E-state index < -0.39 is 18.1 Å². The number of hydrogen-bond acceptors (Lipinski definition) is 5. The third kappa shape index (κ3) is 5.14. The lowest BCUT2D eigenvalue weighted by atomic mass is 10.1. The van der Waals surface area contributed by atoms with Crippen LogP contribution in [0.3, 0.4) is 0 Å². The highest BCUT2D eigenvalue weighted by Gasteiger charge is 2.23. The molecule has 0 aliphatic rings. The Labute approximate surface area is 134 Å². The van der Waals surface area contributed by atoms with Crippen LogP contribution in [0.25, 0.3) is 0 Å². The van der Waals surface area contributed by atoms with Crippen molar-refractivity contribution in [2.75, 3.05) is 7.11 Å². The van der Waals surface area contributed by atoms with Crippen molar-refractivity contribution in [1.29, 1.82) is 0 Å². The lowest BCUT2D eigenvalue weighted by molar-refractivity contribution is -0.143. The summed E-state index contributed by atoms with van der Waals surface area (Å²) in [5.41, 5.74) is 1.68. The Hall–Kier alpha value is -2.83. The molecule has 1 unspecified atom stereocenters. The van der Waals surface area contributed by atoms with Crippen LogP contribution < -0.4 is 5.32 Å². The van der Waals surface area contributed by atoms with Crippen LogP contribution in [-0.2, 0) is 34.3 Å². The molecule has 0 saturated heterocycles. The van der Waals surface area contributed by atoms with Gasteiger partial charge in [0.2, 0.25) is 0 Å². The molecule has 0 aliphatic heterocycles. The van der Waals surface area contributed by atoms with Crippen molar-refractivity contribution < 1.29 is 19.1 Å². The van der Waals surface area contributed by atoms with E-state index in [2.05, 4.69) is 10.4 Å². The molecule has 122 valence electrons. The quantitative estimate of drug-likeness (QED) is 0.815. The van der Waals surface area contributed by atoms with Crippen LogP contribution in [0.4, 0.5) is 4.79 Å². The van der Waals surface area contributed by atoms with Gasteiger partial charge in [0.05, 0.1) is 13.3 Å². The minimum absolute atomic E-state index is 0.132. The normalized spacial score (nSPS) is 11.6. The van der Waals surface area contributed by atoms with Gasteiger partial charge in [0.15, 0.2) is 0 Å². The van der Waals surface area contributed by atoms with Crippen LogP contribution in [0.1, 0.15) is 11.1 Å². The van der Waals surface area contributed by atoms with Crippen molar-refractivity contribution in [2.24, 2.45) is 7.05 Å². The Morgan fingerprint density at radius 1 is 1.26 bits per heavy atom. The number of aryl methyl sites for hydroxylation is 1. The van der Waals surface area contributed by atoms with Gasteiger partial charge in [-0.25, -0.2) is 9.59 Å². The van der Waals surface area contributed by atoms with Gasteiger partial charge in [0.25, 0.3) is 0 Å². The number of nitrogens with zero attached hydrogens (tertiary/aromatic N) is 2. The topological polar surface area (TPSA) is 82.5 Å². The largest absolute Gasteiger partial charge is 0.467 e. The molecule has 1 amide bonds. The number of aromatic nitrogens is 2. The van der Waals surface area contributed by atoms with Gasteiger partial charge in [-0.05, 0) is 11.1 Å². The number of hydrogen-bond donors (Lipinski definition) is 1. The Morgan fingerprint density at radius 2 is 2.00 bits per heavy atom. The molecule has 0 fully saturated rings. The van der Waals surface area contributed by atoms with Crippen LogP contribution >= 0.6 is 0 Å². The predicted octanol–water partition coefficient (Wildman–Crippen LogP) is 1.43. The van der Waals surface area contributed by atoms with Crippen LogP contribution in [0.2, 0.25) is 0 Å². The van der Waals surface area contributed by atoms with Crippen molar-refractivity contribution >= 4 is 12.1 Å². The zero-order valence-corrected chi connectivity index (χ0v) is 13.1. The highest BCUT2D eigenvalue weighted by Crippen LogP contribution is 2.05. The van der Waals surface area contributed by atoms with Crippen LogP contribution in [0.5, 0.6) is 0 Å². The summed E-state index contributed by atoms with van der Waals surface area (Å²) in [4.78, 5) is 23.7. The van der Waals surface area contributed by atoms with Gasteiger partial charge in [0.1, 0.15) is 12.6 Å². The molecule has 23 heavy (non-hydrogen) atoms. The average Bonchev–Trinajstić information content (AvgIpc) is 2.97. The zero-order chi connectivity index (χ0) is 16.7. The summed E-state index contributed by atoms with van der Waals surface area (Å²) in [6.45, 7) is 0.132. The summed E-state index contributed by atoms with van der Waals surface area (Å²) >= 11 is 0. The number of carbonyl (C=O) groups excluding carboxylic acids is 2. The van der Waals surface area contributed by atoms with E-state index in [1.54, 1.807) is 24.1 Å². The second-order valence-corrected chi connectivity index (χ2v) is 5.01. The van der Waals surface area contributed by atoms with Gasteiger partial charge in [-0.15, -0.1) is 0 Å². The van der Waals surface area contributed by atoms with Crippen molar-refractivity contribution in [2.45, 2.75) is 19.1 Å². The van der Waals surface area contributed by atoms with Crippen LogP contribution in [-0.4, -0.2) is 35.0 Å². The SMILES string of the molecule is COC(=O)C(Cc1cnn(C)c1)NC(=O)OCc1ccccc1. The van der Waals surface area contributed by atoms with Gasteiger partial charge in [-0.3, -0.25) is 4.68 Å². The predicted molar refractivity (Wildman–Crippen MR) is 82.5 cm³/mol. The van der Waals surface area contributed by atoms with E-state index in [1.807, 2.05) is 30.3 Å². The number of rotatable bonds is 6. The highest BCUT2D eigenvalue weighted by molar-refractivity contribution is 5.81. The Bertz CT molecular complexity index is 654. The summed E-state index contributed by atoms with van der Waals surface area (Å²) in [6.07, 6.45) is 3.01. The maximum absolute atomic E-state index is 11.9. The fourth-order valence-corrected chi connectivity index (χ4v) is 2.06. The fourth-order valence-electron chi connectivity index (χ4n) is 2.06. The van der Waals surface area contributed by atoms with E-state index in [-0.39, 0.29) is 13.0 Å². The molecule has 0 radical (unpaired) electrons. The molecule has 0 saturated carbocycles. The molecular formula is C16H19N3O4. The maximum Gasteiger partial charge on any atom is 0.408 e. The Kier molecular flexibility index (Phi) is 5.74. The molecule has 0 bridgehead atoms. The number of esters is 1. The number of carbonyl (C=O) groups is 2. The molecule has 1 atom stereocenters. The number of benzene rings is 1. The number of methoxy groups -OCH3 is 1. The van der Waals surface area contributed by atoms with E-state index in [4.69, 9.17) is 9.47 Å². The Balaban J connectivity index is 1.91. The van der Waals surface area contributed by atoms with Crippen LogP contribution in [0, 0.1) is 0 Å². The minimum Gasteiger partial charge on any atom is -0.467 e. The van der Waals surface area contributed by atoms with Gasteiger partial charge in [0, 0.05) is 19.7 Å². The standard InChI is InChI=1S/C16H19N3O4/c1-19-10-13(9-17-19)8-14(15(20)22-2)18-16(21)23-11-12-6-4-3-5-7-12/h3-7,9-10,14H,8,11H2,1-2H3,(H,18,21). The second-order valence-electron chi connectivity index (χ2n) is 5.01. The molecular weight excluding hydrogens is 298 g/mol. The highest BCUT2D eigenvalue weighted by atomic mass is 16.6. The summed E-state index contributed by atoms with van der Waals surface area (Å²) in [5, 5.41) is 6.55. The number of nitrogens with one attached hydrogen (secondary N) is 1. The van der Waals surface area contributed by atoms with E-state index in [9.17, 15) is 9.59 Å². The zero-order valence-electron chi connectivity index (χ0n) is 13.1. The molecule has 2 aromatic rings. The van der Waals surface area contributed by atoms with E-state index >= 15 is 0 Å². The first-order valence-electron chi connectivity index (χ1n) is 7.11. The molecule has 7 nitrogen and oxygen atoms in total. The third-order valence-corrected chi connectivity index (χ3v) is 3.19. The van der Waals surface area contributed by atoms with Gasteiger partial charge in [-0.2, -0.15) is 5.10 Å². The summed E-state index contributed by atoms with van der Waals surface area (Å²) in [5.74, 6) is -0.537. The van der Waals surface area contributed by atoms with Crippen molar-refractivity contribution in [3.8, 4) is 0 Å². The van der Waals surface area contributed by atoms with E-state index in [0.717, 1.165) is 11.1 Å². The third-order valence-electron chi connectivity index (χ3n) is 3.19. The summed E-state index contributed by atoms with van der Waals surface area (Å²) in [6, 6.07) is 8.46. The van der Waals surface area contributed by atoms with Crippen LogP contribution in [0.15, 0.2) is 42.7 Å². The Morgan fingerprint density at radius 3 is 2.61 bits per heavy atom. The molecule has 0 spiro atoms. The molecule has 2 rings (SSSR count). The second kappa shape index (κ2) is 7.98. The first-order chi connectivity index (χ1) is 11.1. The smallest absolute Gasteiger partial charge is 0.408 e. The van der Waals surface area contributed by atoms with Crippen molar-refractivity contribution in [1.82, 2.24) is 15.1 Å². The van der Waals surface area contributed by atoms with Gasteiger partial charge < -0.3 is 14.8 Å². The van der Waals surface area contributed by atoms with E-state index in [0.29, 0.717) is 0 Å². The van der Waals surface area contributed by atoms with E-state index in [1.165, 1.54) is 7.11 Å². The number of alkyl carbamates (subject to hydrolysis) is 1. The number of amides is 1. The van der Waals surface area contributed by atoms with Crippen molar-refractivity contribution in [3.63, 3.8) is 0 Å². The lowest BCUT2D eigenvalue weighted by Crippen LogP contribution is -2.43. The van der Waals surface area contributed by atoms with Gasteiger partial charge >= 0.3 is 12.1 Å². The molecule has 7 heteroatoms. The number of ether oxygens (including phenoxy) is 2. The molecule has 0 aliphatic carbocycles. The molecule has 1 N–H and O–H groups in total. The van der Waals surface area contributed by atoms with Crippen molar-refractivity contribution in [3.05, 3.63) is 53.9 Å². The average molecular weight is 317 g/mol. The lowest BCUT2D eigenvalue weighted by Gasteiger charge is -2.15. The van der Waals surface area contributed by atoms with Gasteiger partial charge in [-0.1, -0.05) is 30.3 Å². The maximum atomic E-state index is 11.9. The molecule has 1 heterocycles. The fraction of sp³-hybridized carbons (Fsp3) is 0.312. The monoisotopic (exact) mass is 317 g/mol. The first kappa shape index (κ1) is 16.5.